The van der Waals surface area contributed by atoms with Gasteiger partial charge in [0.15, 0.2) is 0 Å². The van der Waals surface area contributed by atoms with Crippen LogP contribution in [-0.2, 0) is 4.79 Å². The summed E-state index contributed by atoms with van der Waals surface area (Å²) in [5.41, 5.74) is 1.38. The molecule has 4 heteroatoms. The van der Waals surface area contributed by atoms with Gasteiger partial charge in [0.2, 0.25) is 5.91 Å². The number of hydrogen-bond acceptors (Lipinski definition) is 3. The van der Waals surface area contributed by atoms with E-state index in [4.69, 9.17) is 0 Å². The number of phenolic OH excluding ortho intramolecular Hbond substituents is 1. The molecule has 1 amide bonds. The van der Waals surface area contributed by atoms with Gasteiger partial charge in [-0.2, -0.15) is 0 Å². The third-order valence-corrected chi connectivity index (χ3v) is 1.82. The monoisotopic (exact) mass is 193 g/mol. The number of benzene rings is 1. The molecule has 0 fully saturated rings. The zero-order chi connectivity index (χ0) is 10.7. The highest BCUT2D eigenvalue weighted by atomic mass is 16.3. The van der Waals surface area contributed by atoms with Crippen LogP contribution in [0.1, 0.15) is 22.8 Å². The standard InChI is InChI=1S/C10H11NO3/c1-6-3-10(14)9(11-7(2)13)4-8(6)5-12/h3-5,14H,1-2H3,(H,11,13). The zero-order valence-corrected chi connectivity index (χ0v) is 8.00. The second-order valence-electron chi connectivity index (χ2n) is 3.02. The minimum atomic E-state index is -0.291. The Balaban J connectivity index is 3.16. The van der Waals surface area contributed by atoms with E-state index in [1.807, 2.05) is 0 Å². The largest absolute Gasteiger partial charge is 0.506 e. The molecule has 14 heavy (non-hydrogen) atoms. The van der Waals surface area contributed by atoms with Crippen molar-refractivity contribution in [3.05, 3.63) is 23.3 Å². The van der Waals surface area contributed by atoms with E-state index in [-0.39, 0.29) is 17.3 Å². The average molecular weight is 193 g/mol. The molecule has 0 atom stereocenters. The van der Waals surface area contributed by atoms with E-state index in [1.54, 1.807) is 6.92 Å². The summed E-state index contributed by atoms with van der Waals surface area (Å²) in [7, 11) is 0. The van der Waals surface area contributed by atoms with Crippen molar-refractivity contribution in [2.24, 2.45) is 0 Å². The Labute approximate surface area is 81.6 Å². The van der Waals surface area contributed by atoms with Crippen LogP contribution in [0.2, 0.25) is 0 Å². The molecule has 2 N–H and O–H groups in total. The third kappa shape index (κ3) is 2.10. The highest BCUT2D eigenvalue weighted by molar-refractivity contribution is 5.92. The maximum Gasteiger partial charge on any atom is 0.221 e. The first-order valence-electron chi connectivity index (χ1n) is 4.11. The predicted molar refractivity (Wildman–Crippen MR) is 52.5 cm³/mol. The number of nitrogens with one attached hydrogen (secondary N) is 1. The molecule has 74 valence electrons. The van der Waals surface area contributed by atoms with Gasteiger partial charge in [-0.1, -0.05) is 0 Å². The van der Waals surface area contributed by atoms with Crippen LogP contribution in [0.25, 0.3) is 0 Å². The predicted octanol–water partition coefficient (Wildman–Crippen LogP) is 1.47. The fourth-order valence-corrected chi connectivity index (χ4v) is 1.13. The normalized spacial score (nSPS) is 9.57. The van der Waals surface area contributed by atoms with Gasteiger partial charge in [0.05, 0.1) is 5.69 Å². The van der Waals surface area contributed by atoms with Crippen molar-refractivity contribution in [2.75, 3.05) is 5.32 Å². The van der Waals surface area contributed by atoms with Crippen molar-refractivity contribution < 1.29 is 14.7 Å². The Morgan fingerprint density at radius 2 is 2.14 bits per heavy atom. The number of aromatic hydroxyl groups is 1. The van der Waals surface area contributed by atoms with E-state index < -0.39 is 0 Å². The first-order valence-corrected chi connectivity index (χ1v) is 4.11. The van der Waals surface area contributed by atoms with Crippen LogP contribution in [0.4, 0.5) is 5.69 Å². The minimum absolute atomic E-state index is 0.0386. The van der Waals surface area contributed by atoms with Crippen LogP contribution >= 0.6 is 0 Å². The summed E-state index contributed by atoms with van der Waals surface area (Å²) >= 11 is 0. The van der Waals surface area contributed by atoms with Gasteiger partial charge in [-0.15, -0.1) is 0 Å². The topological polar surface area (TPSA) is 66.4 Å². The number of anilines is 1. The molecule has 0 bridgehead atoms. The van der Waals surface area contributed by atoms with E-state index in [2.05, 4.69) is 5.32 Å². The fourth-order valence-electron chi connectivity index (χ4n) is 1.13. The number of aldehydes is 1. The van der Waals surface area contributed by atoms with Crippen molar-refractivity contribution in [1.82, 2.24) is 0 Å². The minimum Gasteiger partial charge on any atom is -0.506 e. The lowest BCUT2D eigenvalue weighted by Gasteiger charge is -2.07. The van der Waals surface area contributed by atoms with E-state index in [0.29, 0.717) is 17.4 Å². The van der Waals surface area contributed by atoms with Crippen molar-refractivity contribution in [2.45, 2.75) is 13.8 Å². The maximum absolute atomic E-state index is 10.7. The molecule has 4 nitrogen and oxygen atoms in total. The van der Waals surface area contributed by atoms with Crippen molar-refractivity contribution in [3.63, 3.8) is 0 Å². The third-order valence-electron chi connectivity index (χ3n) is 1.82. The quantitative estimate of drug-likeness (QED) is 0.552. The van der Waals surface area contributed by atoms with Crippen LogP contribution in [0.15, 0.2) is 12.1 Å². The van der Waals surface area contributed by atoms with Gasteiger partial charge in [-0.3, -0.25) is 9.59 Å². The maximum atomic E-state index is 10.7. The number of carbonyl (C=O) groups is 2. The summed E-state index contributed by atoms with van der Waals surface area (Å²) in [5.74, 6) is -0.329. The Morgan fingerprint density at radius 1 is 1.50 bits per heavy atom. The number of phenols is 1. The average Bonchev–Trinajstić information content (AvgIpc) is 2.09. The molecule has 0 saturated heterocycles. The molecule has 0 aromatic heterocycles. The molecule has 0 aliphatic heterocycles. The molecular formula is C10H11NO3. The summed E-state index contributed by atoms with van der Waals surface area (Å²) < 4.78 is 0. The molecule has 1 aromatic rings. The Morgan fingerprint density at radius 3 is 2.64 bits per heavy atom. The fraction of sp³-hybridized carbons (Fsp3) is 0.200. The van der Waals surface area contributed by atoms with Crippen molar-refractivity contribution in [1.29, 1.82) is 0 Å². The van der Waals surface area contributed by atoms with E-state index in [1.165, 1.54) is 19.1 Å². The summed E-state index contributed by atoms with van der Waals surface area (Å²) in [6.45, 7) is 3.04. The molecule has 0 heterocycles. The summed E-state index contributed by atoms with van der Waals surface area (Å²) in [6, 6.07) is 2.88. The van der Waals surface area contributed by atoms with Crippen LogP contribution < -0.4 is 5.32 Å². The van der Waals surface area contributed by atoms with Gasteiger partial charge in [0.25, 0.3) is 0 Å². The molecular weight excluding hydrogens is 182 g/mol. The Kier molecular flexibility index (Phi) is 2.86. The molecule has 0 aliphatic carbocycles. The summed E-state index contributed by atoms with van der Waals surface area (Å²) in [5, 5.41) is 11.9. The molecule has 0 unspecified atom stereocenters. The van der Waals surface area contributed by atoms with E-state index >= 15 is 0 Å². The molecule has 0 radical (unpaired) electrons. The van der Waals surface area contributed by atoms with E-state index in [0.717, 1.165) is 0 Å². The second kappa shape index (κ2) is 3.91. The van der Waals surface area contributed by atoms with Gasteiger partial charge in [0, 0.05) is 12.5 Å². The first kappa shape index (κ1) is 10.2. The van der Waals surface area contributed by atoms with E-state index in [9.17, 15) is 14.7 Å². The van der Waals surface area contributed by atoms with Crippen LogP contribution in [0.5, 0.6) is 5.75 Å². The molecule has 1 rings (SSSR count). The molecule has 0 spiro atoms. The van der Waals surface area contributed by atoms with Gasteiger partial charge >= 0.3 is 0 Å². The number of hydrogen-bond donors (Lipinski definition) is 2. The lowest BCUT2D eigenvalue weighted by Crippen LogP contribution is -2.06. The number of carbonyl (C=O) groups excluding carboxylic acids is 2. The molecule has 0 saturated carbocycles. The number of amides is 1. The van der Waals surface area contributed by atoms with Gasteiger partial charge in [0.1, 0.15) is 12.0 Å². The van der Waals surface area contributed by atoms with Crippen LogP contribution in [-0.4, -0.2) is 17.3 Å². The summed E-state index contributed by atoms with van der Waals surface area (Å²) in [4.78, 5) is 21.3. The molecule has 1 aromatic carbocycles. The first-order chi connectivity index (χ1) is 6.54. The highest BCUT2D eigenvalue weighted by Crippen LogP contribution is 2.26. The van der Waals surface area contributed by atoms with Crippen molar-refractivity contribution in [3.8, 4) is 5.75 Å². The van der Waals surface area contributed by atoms with Crippen LogP contribution in [0.3, 0.4) is 0 Å². The van der Waals surface area contributed by atoms with Crippen molar-refractivity contribution >= 4 is 17.9 Å². The lowest BCUT2D eigenvalue weighted by molar-refractivity contribution is -0.114. The Bertz CT molecular complexity index is 385. The molecule has 0 aliphatic rings. The second-order valence-corrected chi connectivity index (χ2v) is 3.02. The Hall–Kier alpha value is -1.84. The lowest BCUT2D eigenvalue weighted by atomic mass is 10.1. The number of rotatable bonds is 2. The SMILES string of the molecule is CC(=O)Nc1cc(C=O)c(C)cc1O. The van der Waals surface area contributed by atoms with Gasteiger partial charge in [-0.05, 0) is 24.6 Å². The smallest absolute Gasteiger partial charge is 0.221 e. The van der Waals surface area contributed by atoms with Gasteiger partial charge in [-0.25, -0.2) is 0 Å². The highest BCUT2D eigenvalue weighted by Gasteiger charge is 2.06. The summed E-state index contributed by atoms with van der Waals surface area (Å²) in [6.07, 6.45) is 0.681. The van der Waals surface area contributed by atoms with Gasteiger partial charge < -0.3 is 10.4 Å². The zero-order valence-electron chi connectivity index (χ0n) is 8.00. The van der Waals surface area contributed by atoms with Crippen LogP contribution in [0, 0.1) is 6.92 Å². The number of aryl methyl sites for hydroxylation is 1.